The monoisotopic (exact) mass is 248 g/mol. The molecule has 0 saturated carbocycles. The van der Waals surface area contributed by atoms with E-state index in [9.17, 15) is 14.4 Å². The lowest BCUT2D eigenvalue weighted by Crippen LogP contribution is -2.46. The molecule has 0 aromatic carbocycles. The van der Waals surface area contributed by atoms with Crippen LogP contribution in [0, 0.1) is 0 Å². The number of methoxy groups -OCH3 is 1. The summed E-state index contributed by atoms with van der Waals surface area (Å²) in [5, 5.41) is 21.7. The second-order valence-corrected chi connectivity index (χ2v) is 3.22. The highest BCUT2D eigenvalue weighted by atomic mass is 16.5. The Hall–Kier alpha value is -1.83. The number of nitrogens with one attached hydrogen (secondary N) is 2. The molecule has 0 aliphatic carbocycles. The lowest BCUT2D eigenvalue weighted by atomic mass is 10.1. The Balaban J connectivity index is 4.02. The van der Waals surface area contributed by atoms with Crippen molar-refractivity contribution in [2.24, 2.45) is 0 Å². The van der Waals surface area contributed by atoms with Gasteiger partial charge in [0.2, 0.25) is 0 Å². The van der Waals surface area contributed by atoms with Crippen LogP contribution in [0.2, 0.25) is 0 Å². The van der Waals surface area contributed by atoms with E-state index < -0.39 is 24.0 Å². The largest absolute Gasteiger partial charge is 0.481 e. The van der Waals surface area contributed by atoms with E-state index in [1.54, 1.807) is 0 Å². The molecule has 0 heterocycles. The maximum Gasteiger partial charge on any atom is 0.326 e. The van der Waals surface area contributed by atoms with Gasteiger partial charge in [0.15, 0.2) is 0 Å². The Labute approximate surface area is 97.9 Å². The maximum absolute atomic E-state index is 11.2. The number of carboxylic acid groups (broad SMARTS) is 2. The zero-order valence-electron chi connectivity index (χ0n) is 9.43. The zero-order chi connectivity index (χ0) is 13.3. The molecule has 0 aliphatic rings. The average Bonchev–Trinajstić information content (AvgIpc) is 2.23. The van der Waals surface area contributed by atoms with Gasteiger partial charge in [-0.15, -0.1) is 0 Å². The van der Waals surface area contributed by atoms with Crippen LogP contribution >= 0.6 is 0 Å². The fraction of sp³-hybridized carbons (Fsp3) is 0.667. The van der Waals surface area contributed by atoms with E-state index in [1.165, 1.54) is 7.11 Å². The third-order valence-electron chi connectivity index (χ3n) is 1.84. The van der Waals surface area contributed by atoms with Gasteiger partial charge in [0.1, 0.15) is 6.04 Å². The molecule has 0 radical (unpaired) electrons. The number of ether oxygens (including phenoxy) is 1. The number of rotatable bonds is 8. The smallest absolute Gasteiger partial charge is 0.326 e. The number of hydrogen-bond acceptors (Lipinski definition) is 4. The van der Waals surface area contributed by atoms with Crippen molar-refractivity contribution >= 4 is 18.0 Å². The van der Waals surface area contributed by atoms with Gasteiger partial charge < -0.3 is 25.6 Å². The van der Waals surface area contributed by atoms with Crippen molar-refractivity contribution in [3.63, 3.8) is 0 Å². The molecular weight excluding hydrogens is 232 g/mol. The molecule has 1 unspecified atom stereocenters. The van der Waals surface area contributed by atoms with E-state index in [-0.39, 0.29) is 19.4 Å². The molecule has 98 valence electrons. The fourth-order valence-electron chi connectivity index (χ4n) is 1.00. The second-order valence-electron chi connectivity index (χ2n) is 3.22. The Morgan fingerprint density at radius 2 is 1.94 bits per heavy atom. The first-order chi connectivity index (χ1) is 7.97. The topological polar surface area (TPSA) is 125 Å². The summed E-state index contributed by atoms with van der Waals surface area (Å²) in [5.74, 6) is -2.38. The van der Waals surface area contributed by atoms with Gasteiger partial charge in [-0.3, -0.25) is 4.79 Å². The van der Waals surface area contributed by atoms with E-state index >= 15 is 0 Å². The number of urea groups is 1. The van der Waals surface area contributed by atoms with E-state index in [1.807, 2.05) is 0 Å². The van der Waals surface area contributed by atoms with E-state index in [0.29, 0.717) is 6.61 Å². The lowest BCUT2D eigenvalue weighted by Gasteiger charge is -2.14. The summed E-state index contributed by atoms with van der Waals surface area (Å²) < 4.78 is 4.69. The molecule has 0 saturated heterocycles. The third-order valence-corrected chi connectivity index (χ3v) is 1.84. The molecule has 8 heteroatoms. The standard InChI is InChI=1S/C9H16N2O6/c1-17-5-4-10-9(16)11-6(8(14)15)2-3-7(12)13/h6H,2-5H2,1H3,(H,12,13)(H,14,15)(H2,10,11,16). The van der Waals surface area contributed by atoms with Gasteiger partial charge in [-0.25, -0.2) is 9.59 Å². The van der Waals surface area contributed by atoms with Gasteiger partial charge in [0, 0.05) is 20.1 Å². The highest BCUT2D eigenvalue weighted by Gasteiger charge is 2.20. The molecular formula is C9H16N2O6. The van der Waals surface area contributed by atoms with E-state index in [4.69, 9.17) is 10.2 Å². The lowest BCUT2D eigenvalue weighted by molar-refractivity contribution is -0.140. The minimum absolute atomic E-state index is 0.164. The summed E-state index contributed by atoms with van der Waals surface area (Å²) in [7, 11) is 1.46. The summed E-state index contributed by atoms with van der Waals surface area (Å²) in [6, 6.07) is -1.88. The zero-order valence-corrected chi connectivity index (χ0v) is 9.43. The van der Waals surface area contributed by atoms with Crippen LogP contribution in [-0.4, -0.2) is 54.5 Å². The minimum Gasteiger partial charge on any atom is -0.481 e. The fourth-order valence-corrected chi connectivity index (χ4v) is 1.00. The molecule has 0 aromatic heterocycles. The summed E-state index contributed by atoms with van der Waals surface area (Å²) in [4.78, 5) is 32.2. The SMILES string of the molecule is COCCNC(=O)NC(CCC(=O)O)C(=O)O. The number of hydrogen-bond donors (Lipinski definition) is 4. The van der Waals surface area contributed by atoms with Crippen LogP contribution in [0.25, 0.3) is 0 Å². The number of aliphatic carboxylic acids is 2. The summed E-state index contributed by atoms with van der Waals surface area (Å²) in [5.41, 5.74) is 0. The van der Waals surface area contributed by atoms with Gasteiger partial charge in [-0.2, -0.15) is 0 Å². The second kappa shape index (κ2) is 8.34. The van der Waals surface area contributed by atoms with Crippen molar-refractivity contribution in [2.45, 2.75) is 18.9 Å². The van der Waals surface area contributed by atoms with Gasteiger partial charge in [-0.05, 0) is 6.42 Å². The first kappa shape index (κ1) is 15.2. The molecule has 0 aromatic rings. The quantitative estimate of drug-likeness (QED) is 0.419. The van der Waals surface area contributed by atoms with Crippen LogP contribution in [0.1, 0.15) is 12.8 Å². The predicted octanol–water partition coefficient (Wildman–Crippen LogP) is -0.750. The van der Waals surface area contributed by atoms with E-state index in [0.717, 1.165) is 0 Å². The van der Waals surface area contributed by atoms with Gasteiger partial charge in [0.25, 0.3) is 0 Å². The van der Waals surface area contributed by atoms with Gasteiger partial charge in [-0.1, -0.05) is 0 Å². The summed E-state index contributed by atoms with van der Waals surface area (Å²) in [6.45, 7) is 0.549. The Bertz CT molecular complexity index is 281. The average molecular weight is 248 g/mol. The van der Waals surface area contributed by atoms with Crippen molar-refractivity contribution in [3.05, 3.63) is 0 Å². The number of carbonyl (C=O) groups is 3. The Morgan fingerprint density at radius 3 is 2.41 bits per heavy atom. The minimum atomic E-state index is -1.27. The molecule has 0 rings (SSSR count). The molecule has 1 atom stereocenters. The first-order valence-corrected chi connectivity index (χ1v) is 4.95. The van der Waals surface area contributed by atoms with Crippen molar-refractivity contribution < 1.29 is 29.3 Å². The van der Waals surface area contributed by atoms with Gasteiger partial charge >= 0.3 is 18.0 Å². The normalized spacial score (nSPS) is 11.6. The number of amides is 2. The van der Waals surface area contributed by atoms with Crippen LogP contribution in [0.15, 0.2) is 0 Å². The van der Waals surface area contributed by atoms with Crippen LogP contribution in [-0.2, 0) is 14.3 Å². The van der Waals surface area contributed by atoms with Crippen LogP contribution in [0.4, 0.5) is 4.79 Å². The Morgan fingerprint density at radius 1 is 1.29 bits per heavy atom. The highest BCUT2D eigenvalue weighted by molar-refractivity contribution is 5.82. The third kappa shape index (κ3) is 8.03. The summed E-state index contributed by atoms with van der Waals surface area (Å²) in [6.07, 6.45) is -0.488. The van der Waals surface area contributed by atoms with Gasteiger partial charge in [0.05, 0.1) is 6.61 Å². The molecule has 0 aliphatic heterocycles. The Kier molecular flexibility index (Phi) is 7.44. The predicted molar refractivity (Wildman–Crippen MR) is 56.7 cm³/mol. The number of carbonyl (C=O) groups excluding carboxylic acids is 1. The van der Waals surface area contributed by atoms with E-state index in [2.05, 4.69) is 15.4 Å². The van der Waals surface area contributed by atoms with Crippen molar-refractivity contribution in [1.29, 1.82) is 0 Å². The number of carboxylic acids is 2. The highest BCUT2D eigenvalue weighted by Crippen LogP contribution is 1.97. The molecule has 8 nitrogen and oxygen atoms in total. The molecule has 17 heavy (non-hydrogen) atoms. The van der Waals surface area contributed by atoms with Crippen molar-refractivity contribution in [3.8, 4) is 0 Å². The van der Waals surface area contributed by atoms with Crippen molar-refractivity contribution in [2.75, 3.05) is 20.3 Å². The van der Waals surface area contributed by atoms with Crippen molar-refractivity contribution in [1.82, 2.24) is 10.6 Å². The molecule has 2 amide bonds. The van der Waals surface area contributed by atoms with Crippen LogP contribution in [0.3, 0.4) is 0 Å². The van der Waals surface area contributed by atoms with Crippen LogP contribution < -0.4 is 10.6 Å². The first-order valence-electron chi connectivity index (χ1n) is 4.95. The van der Waals surface area contributed by atoms with Crippen LogP contribution in [0.5, 0.6) is 0 Å². The molecule has 4 N–H and O–H groups in total. The maximum atomic E-state index is 11.2. The molecule has 0 fully saturated rings. The summed E-state index contributed by atoms with van der Waals surface area (Å²) >= 11 is 0. The molecule has 0 bridgehead atoms. The molecule has 0 spiro atoms.